The maximum Gasteiger partial charge on any atom is 0.349 e. The Morgan fingerprint density at radius 1 is 0.938 bits per heavy atom. The lowest BCUT2D eigenvalue weighted by atomic mass is 10.1. The van der Waals surface area contributed by atoms with Gasteiger partial charge in [-0.25, -0.2) is 9.59 Å². The minimum atomic E-state index is -0.759. The van der Waals surface area contributed by atoms with E-state index in [0.717, 1.165) is 10.0 Å². The Balaban J connectivity index is 1.47. The van der Waals surface area contributed by atoms with Crippen LogP contribution >= 0.6 is 15.9 Å². The van der Waals surface area contributed by atoms with E-state index in [2.05, 4.69) is 21.2 Å². The van der Waals surface area contributed by atoms with Crippen molar-refractivity contribution in [1.29, 1.82) is 0 Å². The molecule has 0 radical (unpaired) electrons. The van der Waals surface area contributed by atoms with Crippen LogP contribution in [0.2, 0.25) is 0 Å². The van der Waals surface area contributed by atoms with Crippen LogP contribution in [0.4, 0.5) is 0 Å². The standard InChI is InChI=1S/C25H18BrNO5/c26-19-8-4-7-18(13-19)24(29)31-20-10-9-17-14-21(25(30)32-22(17)15-20)23(28)27-12-11-16-5-2-1-3-6-16/h1-10,13-15H,11-12H2,(H,27,28). The van der Waals surface area contributed by atoms with E-state index in [9.17, 15) is 14.4 Å². The number of hydrogen-bond acceptors (Lipinski definition) is 5. The summed E-state index contributed by atoms with van der Waals surface area (Å²) < 4.78 is 11.4. The van der Waals surface area contributed by atoms with Gasteiger partial charge in [-0.15, -0.1) is 0 Å². The van der Waals surface area contributed by atoms with Crippen molar-refractivity contribution in [2.24, 2.45) is 0 Å². The van der Waals surface area contributed by atoms with Crippen LogP contribution in [-0.2, 0) is 6.42 Å². The zero-order valence-corrected chi connectivity index (χ0v) is 18.4. The number of hydrogen-bond donors (Lipinski definition) is 1. The van der Waals surface area contributed by atoms with Crippen LogP contribution in [-0.4, -0.2) is 18.4 Å². The SMILES string of the molecule is O=C(Oc1ccc2cc(C(=O)NCCc3ccccc3)c(=O)oc2c1)c1cccc(Br)c1. The molecule has 4 rings (SSSR count). The van der Waals surface area contributed by atoms with Gasteiger partial charge in [0.15, 0.2) is 0 Å². The van der Waals surface area contributed by atoms with Crippen LogP contribution in [0.25, 0.3) is 11.0 Å². The van der Waals surface area contributed by atoms with Gasteiger partial charge in [0, 0.05) is 22.5 Å². The number of ether oxygens (including phenoxy) is 1. The van der Waals surface area contributed by atoms with Crippen molar-refractivity contribution in [1.82, 2.24) is 5.32 Å². The summed E-state index contributed by atoms with van der Waals surface area (Å²) in [4.78, 5) is 37.1. The van der Waals surface area contributed by atoms with Gasteiger partial charge in [0.2, 0.25) is 0 Å². The predicted octanol–water partition coefficient (Wildman–Crippen LogP) is 4.75. The second-order valence-electron chi connectivity index (χ2n) is 7.04. The van der Waals surface area contributed by atoms with E-state index < -0.39 is 17.5 Å². The first-order valence-corrected chi connectivity index (χ1v) is 10.7. The monoisotopic (exact) mass is 491 g/mol. The summed E-state index contributed by atoms with van der Waals surface area (Å²) in [5.41, 5.74) is 0.844. The molecule has 7 heteroatoms. The molecule has 4 aromatic rings. The molecule has 0 aliphatic carbocycles. The van der Waals surface area contributed by atoms with Gasteiger partial charge in [0.05, 0.1) is 5.56 Å². The zero-order valence-electron chi connectivity index (χ0n) is 16.8. The van der Waals surface area contributed by atoms with Crippen molar-refractivity contribution in [3.05, 3.63) is 110 Å². The maximum absolute atomic E-state index is 12.5. The van der Waals surface area contributed by atoms with Crippen molar-refractivity contribution < 1.29 is 18.7 Å². The molecule has 1 amide bonds. The van der Waals surface area contributed by atoms with Gasteiger partial charge in [-0.05, 0) is 48.4 Å². The molecule has 32 heavy (non-hydrogen) atoms. The molecule has 0 fully saturated rings. The van der Waals surface area contributed by atoms with Crippen molar-refractivity contribution in [3.63, 3.8) is 0 Å². The van der Waals surface area contributed by atoms with Gasteiger partial charge in [0.25, 0.3) is 5.91 Å². The molecule has 6 nitrogen and oxygen atoms in total. The van der Waals surface area contributed by atoms with Crippen LogP contribution in [0.15, 0.2) is 92.5 Å². The van der Waals surface area contributed by atoms with Crippen molar-refractivity contribution >= 4 is 38.8 Å². The fourth-order valence-corrected chi connectivity index (χ4v) is 3.55. The Hall–Kier alpha value is -3.71. The molecular weight excluding hydrogens is 474 g/mol. The number of nitrogens with one attached hydrogen (secondary N) is 1. The number of fused-ring (bicyclic) bond motifs is 1. The topological polar surface area (TPSA) is 85.6 Å². The highest BCUT2D eigenvalue weighted by molar-refractivity contribution is 9.10. The third-order valence-corrected chi connectivity index (χ3v) is 5.26. The van der Waals surface area contributed by atoms with Crippen LogP contribution < -0.4 is 15.7 Å². The molecule has 3 aromatic carbocycles. The molecule has 0 unspecified atom stereocenters. The van der Waals surface area contributed by atoms with E-state index in [-0.39, 0.29) is 16.9 Å². The number of amides is 1. The third-order valence-electron chi connectivity index (χ3n) is 4.76. The Kier molecular flexibility index (Phi) is 6.47. The highest BCUT2D eigenvalue weighted by atomic mass is 79.9. The van der Waals surface area contributed by atoms with Crippen molar-refractivity contribution in [3.8, 4) is 5.75 Å². The summed E-state index contributed by atoms with van der Waals surface area (Å²) in [5.74, 6) is -0.810. The summed E-state index contributed by atoms with van der Waals surface area (Å²) in [6.45, 7) is 0.394. The average Bonchev–Trinajstić information content (AvgIpc) is 2.79. The number of carbonyl (C=O) groups excluding carboxylic acids is 2. The minimum Gasteiger partial charge on any atom is -0.423 e. The summed E-state index contributed by atoms with van der Waals surface area (Å²) in [6, 6.07) is 22.7. The maximum atomic E-state index is 12.5. The number of benzene rings is 3. The van der Waals surface area contributed by atoms with Gasteiger partial charge in [0.1, 0.15) is 16.9 Å². The largest absolute Gasteiger partial charge is 0.423 e. The van der Waals surface area contributed by atoms with Crippen molar-refractivity contribution in [2.45, 2.75) is 6.42 Å². The summed E-state index contributed by atoms with van der Waals surface area (Å²) in [6.07, 6.45) is 0.651. The van der Waals surface area contributed by atoms with Crippen LogP contribution in [0.5, 0.6) is 5.75 Å². The zero-order chi connectivity index (χ0) is 22.5. The number of esters is 1. The minimum absolute atomic E-state index is 0.0792. The summed E-state index contributed by atoms with van der Waals surface area (Å²) >= 11 is 3.31. The fraction of sp³-hybridized carbons (Fsp3) is 0.0800. The second-order valence-corrected chi connectivity index (χ2v) is 7.95. The lowest BCUT2D eigenvalue weighted by molar-refractivity contribution is 0.0734. The molecule has 0 aliphatic heterocycles. The van der Waals surface area contributed by atoms with Crippen LogP contribution in [0.1, 0.15) is 26.3 Å². The van der Waals surface area contributed by atoms with Crippen LogP contribution in [0, 0.1) is 0 Å². The van der Waals surface area contributed by atoms with E-state index in [1.807, 2.05) is 30.3 Å². The van der Waals surface area contributed by atoms with E-state index in [0.29, 0.717) is 23.9 Å². The predicted molar refractivity (Wildman–Crippen MR) is 124 cm³/mol. The Morgan fingerprint density at radius 2 is 1.75 bits per heavy atom. The molecule has 1 N–H and O–H groups in total. The highest BCUT2D eigenvalue weighted by Gasteiger charge is 2.15. The molecule has 0 aliphatic rings. The molecule has 1 heterocycles. The highest BCUT2D eigenvalue weighted by Crippen LogP contribution is 2.22. The second kappa shape index (κ2) is 9.62. The summed E-state index contributed by atoms with van der Waals surface area (Å²) in [7, 11) is 0. The number of carbonyl (C=O) groups is 2. The molecule has 0 saturated carbocycles. The first-order valence-electron chi connectivity index (χ1n) is 9.87. The normalized spacial score (nSPS) is 10.7. The van der Waals surface area contributed by atoms with Gasteiger partial charge >= 0.3 is 11.6 Å². The van der Waals surface area contributed by atoms with Gasteiger partial charge in [-0.1, -0.05) is 52.3 Å². The molecule has 0 atom stereocenters. The molecule has 0 saturated heterocycles. The van der Waals surface area contributed by atoms with Gasteiger partial charge in [-0.3, -0.25) is 4.79 Å². The summed E-state index contributed by atoms with van der Waals surface area (Å²) in [5, 5.41) is 3.28. The molecule has 1 aromatic heterocycles. The number of halogens is 1. The third kappa shape index (κ3) is 5.12. The lowest BCUT2D eigenvalue weighted by Gasteiger charge is -2.07. The van der Waals surface area contributed by atoms with Crippen molar-refractivity contribution in [2.75, 3.05) is 6.54 Å². The lowest BCUT2D eigenvalue weighted by Crippen LogP contribution is -2.29. The first kappa shape index (κ1) is 21.5. The Labute approximate surface area is 192 Å². The van der Waals surface area contributed by atoms with E-state index in [1.165, 1.54) is 12.1 Å². The van der Waals surface area contributed by atoms with Gasteiger partial charge in [-0.2, -0.15) is 0 Å². The molecule has 0 spiro atoms. The quantitative estimate of drug-likeness (QED) is 0.239. The first-order chi connectivity index (χ1) is 15.5. The smallest absolute Gasteiger partial charge is 0.349 e. The Morgan fingerprint density at radius 3 is 2.53 bits per heavy atom. The molecule has 160 valence electrons. The van der Waals surface area contributed by atoms with E-state index in [1.54, 1.807) is 36.4 Å². The molecule has 0 bridgehead atoms. The van der Waals surface area contributed by atoms with E-state index in [4.69, 9.17) is 9.15 Å². The van der Waals surface area contributed by atoms with Crippen LogP contribution in [0.3, 0.4) is 0 Å². The Bertz CT molecular complexity index is 1350. The number of rotatable bonds is 6. The fourth-order valence-electron chi connectivity index (χ4n) is 3.16. The van der Waals surface area contributed by atoms with Gasteiger partial charge < -0.3 is 14.5 Å². The average molecular weight is 492 g/mol. The van der Waals surface area contributed by atoms with E-state index >= 15 is 0 Å². The molecular formula is C25H18BrNO5.